The smallest absolute Gasteiger partial charge is 0.257 e. The first-order valence-corrected chi connectivity index (χ1v) is 7.97. The molecule has 0 atom stereocenters. The van der Waals surface area contributed by atoms with Gasteiger partial charge in [-0.05, 0) is 36.8 Å². The summed E-state index contributed by atoms with van der Waals surface area (Å²) in [6, 6.07) is 17.0. The summed E-state index contributed by atoms with van der Waals surface area (Å²) in [6.45, 7) is 1.95. The zero-order chi connectivity index (χ0) is 16.2. The third kappa shape index (κ3) is 3.40. The largest absolute Gasteiger partial charge is 0.497 e. The summed E-state index contributed by atoms with van der Waals surface area (Å²) >= 11 is 1.48. The molecule has 1 heterocycles. The summed E-state index contributed by atoms with van der Waals surface area (Å²) in [4.78, 5) is 17.8. The number of nitrogens with one attached hydrogen (secondary N) is 1. The number of benzene rings is 2. The molecule has 0 saturated heterocycles. The van der Waals surface area contributed by atoms with Crippen LogP contribution in [0.3, 0.4) is 0 Å². The van der Waals surface area contributed by atoms with Crippen molar-refractivity contribution in [1.29, 1.82) is 0 Å². The van der Waals surface area contributed by atoms with Crippen molar-refractivity contribution >= 4 is 22.4 Å². The summed E-state index contributed by atoms with van der Waals surface area (Å²) in [6.07, 6.45) is 0. The first-order valence-electron chi connectivity index (χ1n) is 7.15. The van der Waals surface area contributed by atoms with Crippen LogP contribution in [0.25, 0.3) is 10.4 Å². The lowest BCUT2D eigenvalue weighted by Gasteiger charge is -2.03. The van der Waals surface area contributed by atoms with Crippen molar-refractivity contribution in [1.82, 2.24) is 4.98 Å². The molecular weight excluding hydrogens is 308 g/mol. The fourth-order valence-corrected chi connectivity index (χ4v) is 3.19. The summed E-state index contributed by atoms with van der Waals surface area (Å²) in [5, 5.41) is 3.45. The van der Waals surface area contributed by atoms with Gasteiger partial charge >= 0.3 is 0 Å². The molecule has 3 aromatic rings. The molecule has 5 heteroatoms. The Morgan fingerprint density at radius 1 is 1.09 bits per heavy atom. The molecular formula is C18H16N2O2S. The number of aromatic nitrogens is 1. The first-order chi connectivity index (χ1) is 11.2. The topological polar surface area (TPSA) is 51.2 Å². The number of methoxy groups -OCH3 is 1. The Morgan fingerprint density at radius 2 is 1.78 bits per heavy atom. The van der Waals surface area contributed by atoms with E-state index in [9.17, 15) is 4.79 Å². The normalized spacial score (nSPS) is 10.3. The Morgan fingerprint density at radius 3 is 2.43 bits per heavy atom. The molecule has 0 aliphatic heterocycles. The van der Waals surface area contributed by atoms with Crippen molar-refractivity contribution in [3.05, 3.63) is 65.9 Å². The van der Waals surface area contributed by atoms with Crippen LogP contribution < -0.4 is 10.1 Å². The minimum atomic E-state index is -0.180. The SMILES string of the molecule is COc1ccc(C(=O)Nc2nc(C)c(-c3ccccc3)s2)cc1. The van der Waals surface area contributed by atoms with Gasteiger partial charge in [-0.1, -0.05) is 41.7 Å². The van der Waals surface area contributed by atoms with Gasteiger partial charge in [-0.15, -0.1) is 0 Å². The molecule has 0 radical (unpaired) electrons. The molecule has 1 N–H and O–H groups in total. The van der Waals surface area contributed by atoms with Gasteiger partial charge in [0.25, 0.3) is 5.91 Å². The highest BCUT2D eigenvalue weighted by atomic mass is 32.1. The minimum absolute atomic E-state index is 0.180. The van der Waals surface area contributed by atoms with E-state index in [1.54, 1.807) is 31.4 Å². The maximum atomic E-state index is 12.3. The Kier molecular flexibility index (Phi) is 4.39. The Labute approximate surface area is 138 Å². The van der Waals surface area contributed by atoms with Crippen LogP contribution in [0.4, 0.5) is 5.13 Å². The average Bonchev–Trinajstić information content (AvgIpc) is 2.96. The van der Waals surface area contributed by atoms with Crippen LogP contribution in [0, 0.1) is 6.92 Å². The van der Waals surface area contributed by atoms with Crippen LogP contribution in [-0.4, -0.2) is 18.0 Å². The number of amides is 1. The maximum Gasteiger partial charge on any atom is 0.257 e. The number of aryl methyl sites for hydroxylation is 1. The van der Waals surface area contributed by atoms with Gasteiger partial charge < -0.3 is 4.74 Å². The predicted molar refractivity (Wildman–Crippen MR) is 93.2 cm³/mol. The van der Waals surface area contributed by atoms with Crippen molar-refractivity contribution in [3.63, 3.8) is 0 Å². The molecule has 0 aliphatic carbocycles. The van der Waals surface area contributed by atoms with E-state index < -0.39 is 0 Å². The number of carbonyl (C=O) groups is 1. The second-order valence-corrected chi connectivity index (χ2v) is 5.98. The number of thiazole rings is 1. The van der Waals surface area contributed by atoms with Crippen molar-refractivity contribution in [2.75, 3.05) is 12.4 Å². The van der Waals surface area contributed by atoms with Gasteiger partial charge in [0.15, 0.2) is 5.13 Å². The number of rotatable bonds is 4. The highest BCUT2D eigenvalue weighted by Crippen LogP contribution is 2.32. The molecule has 1 amide bonds. The van der Waals surface area contributed by atoms with E-state index >= 15 is 0 Å². The Bertz CT molecular complexity index is 811. The van der Waals surface area contributed by atoms with E-state index in [-0.39, 0.29) is 5.91 Å². The van der Waals surface area contributed by atoms with Crippen LogP contribution in [0.15, 0.2) is 54.6 Å². The monoisotopic (exact) mass is 324 g/mol. The lowest BCUT2D eigenvalue weighted by molar-refractivity contribution is 0.102. The zero-order valence-electron chi connectivity index (χ0n) is 12.9. The molecule has 0 saturated carbocycles. The van der Waals surface area contributed by atoms with Gasteiger partial charge in [0, 0.05) is 5.56 Å². The number of carbonyl (C=O) groups excluding carboxylic acids is 1. The molecule has 3 rings (SSSR count). The van der Waals surface area contributed by atoms with E-state index in [0.29, 0.717) is 10.7 Å². The molecule has 0 spiro atoms. The predicted octanol–water partition coefficient (Wildman–Crippen LogP) is 4.38. The third-order valence-corrected chi connectivity index (χ3v) is 4.53. The molecule has 4 nitrogen and oxygen atoms in total. The molecule has 1 aromatic heterocycles. The van der Waals surface area contributed by atoms with Crippen LogP contribution in [-0.2, 0) is 0 Å². The summed E-state index contributed by atoms with van der Waals surface area (Å²) < 4.78 is 5.09. The summed E-state index contributed by atoms with van der Waals surface area (Å²) in [5.41, 5.74) is 2.58. The summed E-state index contributed by atoms with van der Waals surface area (Å²) in [5.74, 6) is 0.541. The van der Waals surface area contributed by atoms with E-state index in [1.165, 1.54) is 11.3 Å². The van der Waals surface area contributed by atoms with Gasteiger partial charge in [0.05, 0.1) is 17.7 Å². The standard InChI is InChI=1S/C18H16N2O2S/c1-12-16(13-6-4-3-5-7-13)23-18(19-12)20-17(21)14-8-10-15(22-2)11-9-14/h3-11H,1-2H3,(H,19,20,21). The lowest BCUT2D eigenvalue weighted by atomic mass is 10.2. The quantitative estimate of drug-likeness (QED) is 0.775. The number of hydrogen-bond acceptors (Lipinski definition) is 4. The fraction of sp³-hybridized carbons (Fsp3) is 0.111. The van der Waals surface area contributed by atoms with Crippen LogP contribution in [0.1, 0.15) is 16.1 Å². The zero-order valence-corrected chi connectivity index (χ0v) is 13.7. The van der Waals surface area contributed by atoms with Crippen molar-refractivity contribution < 1.29 is 9.53 Å². The highest BCUT2D eigenvalue weighted by molar-refractivity contribution is 7.19. The lowest BCUT2D eigenvalue weighted by Crippen LogP contribution is -2.11. The van der Waals surface area contributed by atoms with Gasteiger partial charge in [-0.3, -0.25) is 10.1 Å². The molecule has 23 heavy (non-hydrogen) atoms. The molecule has 0 unspecified atom stereocenters. The van der Waals surface area contributed by atoms with Gasteiger partial charge in [-0.2, -0.15) is 0 Å². The number of nitrogens with zero attached hydrogens (tertiary/aromatic N) is 1. The van der Waals surface area contributed by atoms with E-state index in [2.05, 4.69) is 10.3 Å². The van der Waals surface area contributed by atoms with E-state index in [1.807, 2.05) is 37.3 Å². The van der Waals surface area contributed by atoms with Crippen molar-refractivity contribution in [3.8, 4) is 16.2 Å². The molecule has 0 aliphatic rings. The van der Waals surface area contributed by atoms with E-state index in [4.69, 9.17) is 4.74 Å². The minimum Gasteiger partial charge on any atom is -0.497 e. The van der Waals surface area contributed by atoms with Crippen LogP contribution >= 0.6 is 11.3 Å². The van der Waals surface area contributed by atoms with Crippen LogP contribution in [0.5, 0.6) is 5.75 Å². The first kappa shape index (κ1) is 15.2. The van der Waals surface area contributed by atoms with Crippen molar-refractivity contribution in [2.45, 2.75) is 6.92 Å². The maximum absolute atomic E-state index is 12.3. The van der Waals surface area contributed by atoms with Gasteiger partial charge in [0.2, 0.25) is 0 Å². The third-order valence-electron chi connectivity index (χ3n) is 3.41. The average molecular weight is 324 g/mol. The second-order valence-electron chi connectivity index (χ2n) is 4.98. The van der Waals surface area contributed by atoms with Gasteiger partial charge in [0.1, 0.15) is 5.75 Å². The Balaban J connectivity index is 1.79. The van der Waals surface area contributed by atoms with E-state index in [0.717, 1.165) is 21.9 Å². The fourth-order valence-electron chi connectivity index (χ4n) is 2.22. The van der Waals surface area contributed by atoms with Crippen LogP contribution in [0.2, 0.25) is 0 Å². The molecule has 116 valence electrons. The Hall–Kier alpha value is -2.66. The highest BCUT2D eigenvalue weighted by Gasteiger charge is 2.13. The number of ether oxygens (including phenoxy) is 1. The molecule has 0 fully saturated rings. The number of hydrogen-bond donors (Lipinski definition) is 1. The number of anilines is 1. The second kappa shape index (κ2) is 6.62. The molecule has 0 bridgehead atoms. The molecule has 2 aromatic carbocycles. The summed E-state index contributed by atoms with van der Waals surface area (Å²) in [7, 11) is 1.60. The van der Waals surface area contributed by atoms with Crippen molar-refractivity contribution in [2.24, 2.45) is 0 Å². The van der Waals surface area contributed by atoms with Gasteiger partial charge in [-0.25, -0.2) is 4.98 Å².